The quantitative estimate of drug-likeness (QED) is 0.870. The van der Waals surface area contributed by atoms with Gasteiger partial charge >= 0.3 is 0 Å². The fraction of sp³-hybridized carbons (Fsp3) is 0.562. The van der Waals surface area contributed by atoms with Crippen LogP contribution in [0.1, 0.15) is 34.3 Å². The van der Waals surface area contributed by atoms with Crippen LogP contribution in [0.15, 0.2) is 18.2 Å². The van der Waals surface area contributed by atoms with Gasteiger partial charge in [-0.1, -0.05) is 6.07 Å². The van der Waals surface area contributed by atoms with Crippen LogP contribution in [-0.4, -0.2) is 37.5 Å². The van der Waals surface area contributed by atoms with Gasteiger partial charge < -0.3 is 15.5 Å². The van der Waals surface area contributed by atoms with E-state index in [9.17, 15) is 4.79 Å². The highest BCUT2D eigenvalue weighted by Crippen LogP contribution is 2.29. The molecule has 1 aromatic rings. The number of nitrogens with one attached hydrogen (secondary N) is 2. The van der Waals surface area contributed by atoms with Crippen molar-refractivity contribution < 1.29 is 4.79 Å². The standard InChI is InChI=1S/C16H23N3O/c1-19(2)15-5-11(6-15)8-18-16(20)12-3-4-13-9-17-10-14(13)7-12/h3-4,7,11,15,17H,5-6,8-10H2,1-2H3,(H,18,20). The lowest BCUT2D eigenvalue weighted by molar-refractivity contribution is 0.0893. The summed E-state index contributed by atoms with van der Waals surface area (Å²) in [5, 5.41) is 6.38. The number of carbonyl (C=O) groups is 1. The predicted octanol–water partition coefficient (Wildman–Crippen LogP) is 1.36. The van der Waals surface area contributed by atoms with Gasteiger partial charge in [-0.2, -0.15) is 0 Å². The van der Waals surface area contributed by atoms with Crippen LogP contribution in [0.5, 0.6) is 0 Å². The molecule has 3 rings (SSSR count). The van der Waals surface area contributed by atoms with Gasteiger partial charge in [-0.3, -0.25) is 4.79 Å². The Kier molecular flexibility index (Phi) is 3.76. The van der Waals surface area contributed by atoms with Crippen LogP contribution in [0.4, 0.5) is 0 Å². The number of nitrogens with zero attached hydrogens (tertiary/aromatic N) is 1. The Hall–Kier alpha value is -1.39. The highest BCUT2D eigenvalue weighted by molar-refractivity contribution is 5.94. The van der Waals surface area contributed by atoms with Crippen molar-refractivity contribution in [1.29, 1.82) is 0 Å². The molecular weight excluding hydrogens is 250 g/mol. The van der Waals surface area contributed by atoms with Crippen LogP contribution in [0, 0.1) is 5.92 Å². The Bertz CT molecular complexity index is 506. The topological polar surface area (TPSA) is 44.4 Å². The third-order valence-corrected chi connectivity index (χ3v) is 4.59. The maximum absolute atomic E-state index is 12.2. The first-order chi connectivity index (χ1) is 9.63. The normalized spacial score (nSPS) is 24.4. The molecule has 4 heteroatoms. The zero-order valence-corrected chi connectivity index (χ0v) is 12.3. The van der Waals surface area contributed by atoms with Crippen LogP contribution in [0.3, 0.4) is 0 Å². The lowest BCUT2D eigenvalue weighted by atomic mass is 9.79. The van der Waals surface area contributed by atoms with Crippen molar-refractivity contribution in [3.63, 3.8) is 0 Å². The number of benzene rings is 1. The molecular formula is C16H23N3O. The summed E-state index contributed by atoms with van der Waals surface area (Å²) in [6.07, 6.45) is 2.39. The third kappa shape index (κ3) is 2.72. The molecule has 0 saturated heterocycles. The van der Waals surface area contributed by atoms with E-state index >= 15 is 0 Å². The SMILES string of the molecule is CN(C)C1CC(CNC(=O)c2ccc3c(c2)CNC3)C1. The van der Waals surface area contributed by atoms with Crippen LogP contribution < -0.4 is 10.6 Å². The van der Waals surface area contributed by atoms with Crippen molar-refractivity contribution in [3.05, 3.63) is 34.9 Å². The van der Waals surface area contributed by atoms with Crippen LogP contribution in [-0.2, 0) is 13.1 Å². The maximum Gasteiger partial charge on any atom is 0.251 e. The molecule has 0 bridgehead atoms. The molecule has 1 aromatic carbocycles. The van der Waals surface area contributed by atoms with E-state index < -0.39 is 0 Å². The van der Waals surface area contributed by atoms with Gasteiger partial charge in [0.2, 0.25) is 0 Å². The number of hydrogen-bond acceptors (Lipinski definition) is 3. The molecule has 1 fully saturated rings. The molecule has 1 saturated carbocycles. The van der Waals surface area contributed by atoms with Crippen molar-refractivity contribution in [1.82, 2.24) is 15.5 Å². The zero-order chi connectivity index (χ0) is 14.1. The Balaban J connectivity index is 1.50. The number of rotatable bonds is 4. The maximum atomic E-state index is 12.2. The summed E-state index contributed by atoms with van der Waals surface area (Å²) in [6, 6.07) is 6.72. The summed E-state index contributed by atoms with van der Waals surface area (Å²) < 4.78 is 0. The van der Waals surface area contributed by atoms with Crippen molar-refractivity contribution in [2.75, 3.05) is 20.6 Å². The van der Waals surface area contributed by atoms with Crippen LogP contribution in [0.25, 0.3) is 0 Å². The average molecular weight is 273 g/mol. The van der Waals surface area contributed by atoms with E-state index in [1.807, 2.05) is 12.1 Å². The third-order valence-electron chi connectivity index (χ3n) is 4.59. The summed E-state index contributed by atoms with van der Waals surface area (Å²) in [6.45, 7) is 2.60. The van der Waals surface area contributed by atoms with Gasteiger partial charge in [-0.05, 0) is 56.1 Å². The van der Waals surface area contributed by atoms with Crippen LogP contribution in [0.2, 0.25) is 0 Å². The van der Waals surface area contributed by atoms with Gasteiger partial charge in [0, 0.05) is 31.2 Å². The minimum Gasteiger partial charge on any atom is -0.352 e. The molecule has 0 spiro atoms. The minimum atomic E-state index is 0.0630. The Morgan fingerprint density at radius 1 is 1.30 bits per heavy atom. The minimum absolute atomic E-state index is 0.0630. The van der Waals surface area contributed by atoms with Crippen molar-refractivity contribution >= 4 is 5.91 Å². The summed E-state index contributed by atoms with van der Waals surface area (Å²) in [4.78, 5) is 14.4. The molecule has 0 atom stereocenters. The lowest BCUT2D eigenvalue weighted by Gasteiger charge is -2.39. The Morgan fingerprint density at radius 2 is 2.05 bits per heavy atom. The van der Waals surface area contributed by atoms with Gasteiger partial charge in [0.25, 0.3) is 5.91 Å². The second kappa shape index (κ2) is 5.54. The largest absolute Gasteiger partial charge is 0.352 e. The van der Waals surface area contributed by atoms with E-state index in [0.717, 1.165) is 25.2 Å². The molecule has 0 aromatic heterocycles. The molecule has 1 aliphatic carbocycles. The molecule has 2 N–H and O–H groups in total. The molecule has 20 heavy (non-hydrogen) atoms. The van der Waals surface area contributed by atoms with Crippen molar-refractivity contribution in [3.8, 4) is 0 Å². The van der Waals surface area contributed by atoms with Gasteiger partial charge in [-0.15, -0.1) is 0 Å². The van der Waals surface area contributed by atoms with E-state index in [1.54, 1.807) is 0 Å². The summed E-state index contributed by atoms with van der Waals surface area (Å²) >= 11 is 0. The zero-order valence-electron chi connectivity index (χ0n) is 12.3. The first-order valence-electron chi connectivity index (χ1n) is 7.40. The average Bonchev–Trinajstić information content (AvgIpc) is 2.83. The van der Waals surface area contributed by atoms with Crippen molar-refractivity contribution in [2.45, 2.75) is 32.0 Å². The molecule has 1 aliphatic heterocycles. The number of fused-ring (bicyclic) bond motifs is 1. The molecule has 4 nitrogen and oxygen atoms in total. The van der Waals surface area contributed by atoms with Gasteiger partial charge in [0.1, 0.15) is 0 Å². The van der Waals surface area contributed by atoms with E-state index in [-0.39, 0.29) is 5.91 Å². The number of hydrogen-bond donors (Lipinski definition) is 2. The van der Waals surface area contributed by atoms with E-state index in [2.05, 4.69) is 35.7 Å². The second-order valence-corrected chi connectivity index (χ2v) is 6.25. The Labute approximate surface area is 120 Å². The van der Waals surface area contributed by atoms with Crippen LogP contribution >= 0.6 is 0 Å². The first-order valence-corrected chi connectivity index (χ1v) is 7.40. The molecule has 0 unspecified atom stereocenters. The number of carbonyl (C=O) groups excluding carboxylic acids is 1. The van der Waals surface area contributed by atoms with Gasteiger partial charge in [-0.25, -0.2) is 0 Å². The highest BCUT2D eigenvalue weighted by Gasteiger charge is 2.30. The van der Waals surface area contributed by atoms with Gasteiger partial charge in [0.15, 0.2) is 0 Å². The smallest absolute Gasteiger partial charge is 0.251 e. The molecule has 0 radical (unpaired) electrons. The molecule has 108 valence electrons. The number of amides is 1. The fourth-order valence-electron chi connectivity index (χ4n) is 3.06. The van der Waals surface area contributed by atoms with Gasteiger partial charge in [0.05, 0.1) is 0 Å². The first kappa shape index (κ1) is 13.6. The lowest BCUT2D eigenvalue weighted by Crippen LogP contribution is -2.45. The summed E-state index contributed by atoms with van der Waals surface area (Å²) in [5.41, 5.74) is 3.36. The summed E-state index contributed by atoms with van der Waals surface area (Å²) in [5.74, 6) is 0.704. The predicted molar refractivity (Wildman–Crippen MR) is 79.5 cm³/mol. The molecule has 2 aliphatic rings. The van der Waals surface area contributed by atoms with E-state index in [1.165, 1.54) is 24.0 Å². The van der Waals surface area contributed by atoms with E-state index in [0.29, 0.717) is 12.0 Å². The monoisotopic (exact) mass is 273 g/mol. The molecule has 1 heterocycles. The summed E-state index contributed by atoms with van der Waals surface area (Å²) in [7, 11) is 4.25. The highest BCUT2D eigenvalue weighted by atomic mass is 16.1. The Morgan fingerprint density at radius 3 is 2.80 bits per heavy atom. The van der Waals surface area contributed by atoms with Crippen molar-refractivity contribution in [2.24, 2.45) is 5.92 Å². The second-order valence-electron chi connectivity index (χ2n) is 6.25. The van der Waals surface area contributed by atoms with E-state index in [4.69, 9.17) is 0 Å². The molecule has 1 amide bonds. The fourth-order valence-corrected chi connectivity index (χ4v) is 3.06.